The average Bonchev–Trinajstić information content (AvgIpc) is 2.46. The summed E-state index contributed by atoms with van der Waals surface area (Å²) in [6, 6.07) is 14.1. The van der Waals surface area contributed by atoms with E-state index < -0.39 is 0 Å². The Morgan fingerprint density at radius 1 is 0.727 bits per heavy atom. The monoisotopic (exact) mass is 358 g/mol. The molecule has 2 N–H and O–H groups in total. The van der Waals surface area contributed by atoms with Crippen molar-refractivity contribution in [3.05, 3.63) is 59.7 Å². The number of para-hydroxylation sites is 2. The maximum atomic E-state index is 9.54. The molecule has 0 aromatic heterocycles. The summed E-state index contributed by atoms with van der Waals surface area (Å²) in [4.78, 5) is 8.39. The van der Waals surface area contributed by atoms with E-state index >= 15 is 0 Å². The minimum absolute atomic E-state index is 0. The number of benzene rings is 2. The number of aromatic hydroxyl groups is 2. The van der Waals surface area contributed by atoms with E-state index in [1.54, 1.807) is 48.8 Å². The van der Waals surface area contributed by atoms with E-state index in [1.165, 1.54) is 0 Å². The fourth-order valence-corrected chi connectivity index (χ4v) is 1.63. The van der Waals surface area contributed by atoms with Crippen molar-refractivity contribution in [1.82, 2.24) is 0 Å². The summed E-state index contributed by atoms with van der Waals surface area (Å²) < 4.78 is 0. The molecule has 4 nitrogen and oxygen atoms in total. The Morgan fingerprint density at radius 3 is 1.45 bits per heavy atom. The Hall–Kier alpha value is -1.81. The maximum absolute atomic E-state index is 9.54. The molecule has 0 saturated carbocycles. The van der Waals surface area contributed by atoms with E-state index in [0.717, 1.165) is 0 Å². The van der Waals surface area contributed by atoms with Crippen LogP contribution in [0.4, 0.5) is 0 Å². The van der Waals surface area contributed by atoms with Gasteiger partial charge < -0.3 is 22.6 Å². The number of phenolic OH excluding ortho intramolecular Hbond substituents is 2. The number of phenols is 2. The van der Waals surface area contributed by atoms with Gasteiger partial charge in [-0.3, -0.25) is 9.98 Å². The summed E-state index contributed by atoms with van der Waals surface area (Å²) in [5.74, 6) is 0.433. The summed E-state index contributed by atoms with van der Waals surface area (Å²) in [5, 5.41) is 19.1. The molecule has 0 amide bonds. The molecule has 0 aliphatic carbocycles. The molecule has 117 valence electrons. The van der Waals surface area contributed by atoms with Crippen LogP contribution < -0.4 is 12.4 Å². The van der Waals surface area contributed by atoms with E-state index in [1.807, 2.05) is 12.1 Å². The molecule has 6 heteroatoms. The van der Waals surface area contributed by atoms with Gasteiger partial charge in [0.2, 0.25) is 0 Å². The molecule has 2 aromatic rings. The second kappa shape index (κ2) is 10.9. The summed E-state index contributed by atoms with van der Waals surface area (Å²) in [5.41, 5.74) is 1.38. The molecule has 2 aromatic carbocycles. The molecule has 0 atom stereocenters. The standard InChI is InChI=1S/C16H16N2O2.ClH.Mn/c19-15-7-3-1-5-13(15)11-17-9-10-18-12-14-6-2-4-8-16(14)20;;/h1-8,11-12,19-20H,9-10H2;1H;/p-1. The summed E-state index contributed by atoms with van der Waals surface area (Å²) in [7, 11) is 0. The number of aliphatic imine (C=N–C) groups is 2. The van der Waals surface area contributed by atoms with Gasteiger partial charge in [0.25, 0.3) is 0 Å². The van der Waals surface area contributed by atoms with Gasteiger partial charge in [-0.2, -0.15) is 0 Å². The molecule has 0 unspecified atom stereocenters. The van der Waals surface area contributed by atoms with Crippen molar-refractivity contribution >= 4 is 12.4 Å². The van der Waals surface area contributed by atoms with E-state index in [2.05, 4.69) is 9.98 Å². The third kappa shape index (κ3) is 6.31. The fraction of sp³-hybridized carbons (Fsp3) is 0.125. The van der Waals surface area contributed by atoms with E-state index in [9.17, 15) is 10.2 Å². The molecule has 0 saturated heterocycles. The zero-order chi connectivity index (χ0) is 14.2. The molecule has 0 bridgehead atoms. The van der Waals surface area contributed by atoms with Crippen LogP contribution in [-0.2, 0) is 17.1 Å². The Kier molecular flexibility index (Phi) is 9.96. The van der Waals surface area contributed by atoms with Crippen molar-refractivity contribution in [3.63, 3.8) is 0 Å². The summed E-state index contributed by atoms with van der Waals surface area (Å²) in [6.07, 6.45) is 3.26. The Labute approximate surface area is 146 Å². The van der Waals surface area contributed by atoms with Crippen LogP contribution in [0.25, 0.3) is 0 Å². The molecular weight excluding hydrogens is 343 g/mol. The summed E-state index contributed by atoms with van der Waals surface area (Å²) >= 11 is 0. The molecular formula is C16H16ClMnN2O2-. The topological polar surface area (TPSA) is 65.2 Å². The smallest absolute Gasteiger partial charge is 0.124 e. The van der Waals surface area contributed by atoms with E-state index in [4.69, 9.17) is 0 Å². The molecule has 0 spiro atoms. The van der Waals surface area contributed by atoms with Gasteiger partial charge in [0.1, 0.15) is 11.5 Å². The molecule has 0 aliphatic heterocycles. The third-order valence-electron chi connectivity index (χ3n) is 2.69. The summed E-state index contributed by atoms with van der Waals surface area (Å²) in [6.45, 7) is 1.05. The van der Waals surface area contributed by atoms with E-state index in [-0.39, 0.29) is 41.0 Å². The second-order valence-corrected chi connectivity index (χ2v) is 4.19. The van der Waals surface area contributed by atoms with Crippen LogP contribution in [0.3, 0.4) is 0 Å². The number of hydrogen-bond acceptors (Lipinski definition) is 4. The van der Waals surface area contributed by atoms with Crippen molar-refractivity contribution in [2.24, 2.45) is 9.98 Å². The zero-order valence-corrected chi connectivity index (χ0v) is 13.7. The fourth-order valence-electron chi connectivity index (χ4n) is 1.63. The first-order valence-electron chi connectivity index (χ1n) is 6.33. The number of hydrogen-bond donors (Lipinski definition) is 2. The van der Waals surface area contributed by atoms with Crippen molar-refractivity contribution in [1.29, 1.82) is 0 Å². The maximum Gasteiger partial charge on any atom is 0.124 e. The normalized spacial score (nSPS) is 10.4. The van der Waals surface area contributed by atoms with Gasteiger partial charge in [-0.05, 0) is 24.3 Å². The molecule has 1 radical (unpaired) electrons. The van der Waals surface area contributed by atoms with Gasteiger partial charge in [-0.15, -0.1) is 0 Å². The Bertz CT molecular complexity index is 578. The quantitative estimate of drug-likeness (QED) is 0.435. The van der Waals surface area contributed by atoms with Crippen molar-refractivity contribution in [3.8, 4) is 11.5 Å². The number of rotatable bonds is 5. The van der Waals surface area contributed by atoms with Gasteiger partial charge in [-0.1, -0.05) is 24.3 Å². The van der Waals surface area contributed by atoms with E-state index in [0.29, 0.717) is 24.2 Å². The number of halogens is 1. The van der Waals surface area contributed by atoms with Gasteiger partial charge in [0.15, 0.2) is 0 Å². The van der Waals surface area contributed by atoms with Gasteiger partial charge in [-0.25, -0.2) is 0 Å². The van der Waals surface area contributed by atoms with Crippen LogP contribution in [0.2, 0.25) is 0 Å². The van der Waals surface area contributed by atoms with Gasteiger partial charge in [0, 0.05) is 40.6 Å². The SMILES string of the molecule is Oc1ccccc1C=NCCN=Cc1ccccc1O.[Cl-].[Mn]. The van der Waals surface area contributed by atoms with Crippen molar-refractivity contribution in [2.45, 2.75) is 0 Å². The first kappa shape index (κ1) is 20.2. The molecule has 0 heterocycles. The predicted molar refractivity (Wildman–Crippen MR) is 81.1 cm³/mol. The van der Waals surface area contributed by atoms with Crippen molar-refractivity contribution < 1.29 is 39.7 Å². The number of nitrogens with zero attached hydrogens (tertiary/aromatic N) is 2. The predicted octanol–water partition coefficient (Wildman–Crippen LogP) is -0.363. The first-order valence-corrected chi connectivity index (χ1v) is 6.33. The van der Waals surface area contributed by atoms with Gasteiger partial charge >= 0.3 is 0 Å². The minimum Gasteiger partial charge on any atom is -1.00 e. The third-order valence-corrected chi connectivity index (χ3v) is 2.69. The first-order chi connectivity index (χ1) is 9.77. The molecule has 2 rings (SSSR count). The van der Waals surface area contributed by atoms with Crippen LogP contribution in [-0.4, -0.2) is 35.7 Å². The Morgan fingerprint density at radius 2 is 1.09 bits per heavy atom. The van der Waals surface area contributed by atoms with Crippen LogP contribution in [0.15, 0.2) is 58.5 Å². The second-order valence-electron chi connectivity index (χ2n) is 4.19. The van der Waals surface area contributed by atoms with Gasteiger partial charge in [0.05, 0.1) is 13.1 Å². The van der Waals surface area contributed by atoms with Crippen LogP contribution in [0.5, 0.6) is 11.5 Å². The minimum atomic E-state index is 0. The van der Waals surface area contributed by atoms with Crippen molar-refractivity contribution in [2.75, 3.05) is 13.1 Å². The largest absolute Gasteiger partial charge is 1.00 e. The average molecular weight is 359 g/mol. The molecule has 22 heavy (non-hydrogen) atoms. The molecule has 0 aliphatic rings. The van der Waals surface area contributed by atoms with Crippen LogP contribution >= 0.6 is 0 Å². The van der Waals surface area contributed by atoms with Crippen LogP contribution in [0.1, 0.15) is 11.1 Å². The molecule has 0 fully saturated rings. The zero-order valence-electron chi connectivity index (χ0n) is 11.7. The van der Waals surface area contributed by atoms with Crippen LogP contribution in [0, 0.1) is 0 Å². The Balaban J connectivity index is 0.00000220.